The van der Waals surface area contributed by atoms with Crippen molar-refractivity contribution in [2.75, 3.05) is 18.3 Å². The van der Waals surface area contributed by atoms with Crippen molar-refractivity contribution < 1.29 is 29.3 Å². The number of carboxylic acid groups (broad SMARTS) is 2. The fourth-order valence-corrected chi connectivity index (χ4v) is 3.65. The minimum atomic E-state index is -0.934. The number of benzene rings is 1. The van der Waals surface area contributed by atoms with Crippen molar-refractivity contribution in [3.05, 3.63) is 23.8 Å². The minimum absolute atomic E-state index is 0.0915. The molecule has 6 nitrogen and oxygen atoms in total. The lowest BCUT2D eigenvalue weighted by Crippen LogP contribution is -2.04. The number of thioether (sulfide) groups is 2. The summed E-state index contributed by atoms with van der Waals surface area (Å²) in [5.74, 6) is -0.816. The van der Waals surface area contributed by atoms with Crippen LogP contribution in [-0.2, 0) is 9.59 Å². The lowest BCUT2D eigenvalue weighted by Gasteiger charge is -2.15. The van der Waals surface area contributed by atoms with Crippen molar-refractivity contribution in [2.24, 2.45) is 0 Å². The molecule has 8 heteroatoms. The molecule has 1 aromatic rings. The Kier molecular flexibility index (Phi) is 5.02. The normalized spacial score (nSPS) is 12.7. The van der Waals surface area contributed by atoms with Crippen LogP contribution in [-0.4, -0.2) is 40.5 Å². The van der Waals surface area contributed by atoms with Gasteiger partial charge < -0.3 is 19.7 Å². The Morgan fingerprint density at radius 1 is 1.10 bits per heavy atom. The van der Waals surface area contributed by atoms with Gasteiger partial charge in [-0.25, -0.2) is 0 Å². The van der Waals surface area contributed by atoms with Gasteiger partial charge in [0.15, 0.2) is 11.5 Å². The summed E-state index contributed by atoms with van der Waals surface area (Å²) in [4.78, 5) is 21.3. The summed E-state index contributed by atoms with van der Waals surface area (Å²) in [5.41, 5.74) is 0.812. The van der Waals surface area contributed by atoms with Crippen LogP contribution in [0.1, 0.15) is 10.1 Å². The molecule has 20 heavy (non-hydrogen) atoms. The molecule has 1 aliphatic rings. The zero-order chi connectivity index (χ0) is 14.5. The molecular formula is C12H12O6S2. The molecule has 0 aromatic heterocycles. The lowest BCUT2D eigenvalue weighted by molar-refractivity contribution is -0.134. The molecular weight excluding hydrogens is 304 g/mol. The highest BCUT2D eigenvalue weighted by molar-refractivity contribution is 8.16. The first-order valence-corrected chi connectivity index (χ1v) is 7.72. The van der Waals surface area contributed by atoms with E-state index in [0.717, 1.165) is 5.56 Å². The number of rotatable bonds is 7. The van der Waals surface area contributed by atoms with E-state index in [2.05, 4.69) is 0 Å². The first-order chi connectivity index (χ1) is 9.56. The number of carboxylic acids is 2. The van der Waals surface area contributed by atoms with Crippen LogP contribution >= 0.6 is 23.5 Å². The molecule has 0 spiro atoms. The van der Waals surface area contributed by atoms with E-state index in [1.54, 1.807) is 18.2 Å². The van der Waals surface area contributed by atoms with Crippen LogP contribution in [0.25, 0.3) is 0 Å². The second-order valence-corrected chi connectivity index (χ2v) is 6.34. The molecule has 1 aliphatic heterocycles. The van der Waals surface area contributed by atoms with Crippen molar-refractivity contribution in [1.29, 1.82) is 0 Å². The second kappa shape index (κ2) is 6.76. The first-order valence-electron chi connectivity index (χ1n) is 5.62. The molecule has 108 valence electrons. The molecule has 0 fully saturated rings. The summed E-state index contributed by atoms with van der Waals surface area (Å²) < 4.78 is 10.2. The highest BCUT2D eigenvalue weighted by Gasteiger charge is 2.20. The summed E-state index contributed by atoms with van der Waals surface area (Å²) in [7, 11) is 0. The molecule has 0 radical (unpaired) electrons. The monoisotopic (exact) mass is 316 g/mol. The molecule has 0 amide bonds. The number of hydrogen-bond donors (Lipinski definition) is 2. The third-order valence-electron chi connectivity index (χ3n) is 2.39. The average Bonchev–Trinajstić information content (AvgIpc) is 2.85. The largest absolute Gasteiger partial charge is 0.481 e. The fourth-order valence-electron chi connectivity index (χ4n) is 1.59. The van der Waals surface area contributed by atoms with Gasteiger partial charge in [-0.2, -0.15) is 0 Å². The zero-order valence-electron chi connectivity index (χ0n) is 10.3. The van der Waals surface area contributed by atoms with Gasteiger partial charge in [0, 0.05) is 0 Å². The molecule has 0 unspecified atom stereocenters. The fraction of sp³-hybridized carbons (Fsp3) is 0.333. The topological polar surface area (TPSA) is 93.1 Å². The van der Waals surface area contributed by atoms with Gasteiger partial charge in [0.1, 0.15) is 0 Å². The standard InChI is InChI=1S/C12H12O6S2/c13-10(14)4-19-12(20-5-11(15)16)7-1-2-8-9(3-7)18-6-17-8/h1-3,12H,4-6H2,(H,13,14)(H,15,16). The third-order valence-corrected chi connectivity index (χ3v) is 5.18. The predicted octanol–water partition coefficient (Wildman–Crippen LogP) is 2.05. The Bertz CT molecular complexity index is 501. The number of aliphatic carboxylic acids is 2. The third kappa shape index (κ3) is 3.97. The molecule has 1 heterocycles. The number of carbonyl (C=O) groups is 2. The summed E-state index contributed by atoms with van der Waals surface area (Å²) in [5, 5.41) is 17.5. The maximum Gasteiger partial charge on any atom is 0.313 e. The van der Waals surface area contributed by atoms with Crippen LogP contribution in [0.5, 0.6) is 11.5 Å². The van der Waals surface area contributed by atoms with Crippen molar-refractivity contribution in [1.82, 2.24) is 0 Å². The molecule has 2 N–H and O–H groups in total. The Morgan fingerprint density at radius 3 is 2.30 bits per heavy atom. The van der Waals surface area contributed by atoms with Gasteiger partial charge in [0.2, 0.25) is 6.79 Å². The molecule has 0 saturated carbocycles. The maximum absolute atomic E-state index is 10.7. The Hall–Kier alpha value is -1.54. The first kappa shape index (κ1) is 14.9. The summed E-state index contributed by atoms with van der Waals surface area (Å²) >= 11 is 2.35. The van der Waals surface area contributed by atoms with Crippen LogP contribution in [0.4, 0.5) is 0 Å². The molecule has 0 atom stereocenters. The quantitative estimate of drug-likeness (QED) is 0.738. The van der Waals surface area contributed by atoms with Gasteiger partial charge in [-0.15, -0.1) is 23.5 Å². The van der Waals surface area contributed by atoms with Gasteiger partial charge in [-0.1, -0.05) is 6.07 Å². The number of ether oxygens (including phenoxy) is 2. The van der Waals surface area contributed by atoms with Crippen LogP contribution < -0.4 is 9.47 Å². The lowest BCUT2D eigenvalue weighted by atomic mass is 10.2. The van der Waals surface area contributed by atoms with Crippen molar-refractivity contribution in [3.63, 3.8) is 0 Å². The highest BCUT2D eigenvalue weighted by atomic mass is 32.2. The van der Waals surface area contributed by atoms with E-state index in [1.165, 1.54) is 23.5 Å². The molecule has 1 aromatic carbocycles. The molecule has 0 saturated heterocycles. The van der Waals surface area contributed by atoms with Gasteiger partial charge in [-0.3, -0.25) is 9.59 Å². The Labute approximate surface area is 123 Å². The van der Waals surface area contributed by atoms with Gasteiger partial charge in [-0.05, 0) is 17.7 Å². The summed E-state index contributed by atoms with van der Waals surface area (Å²) in [6, 6.07) is 5.30. The van der Waals surface area contributed by atoms with Crippen LogP contribution in [0.3, 0.4) is 0 Å². The second-order valence-electron chi connectivity index (χ2n) is 3.85. The molecule has 0 bridgehead atoms. The smallest absolute Gasteiger partial charge is 0.313 e. The zero-order valence-corrected chi connectivity index (χ0v) is 11.9. The van der Waals surface area contributed by atoms with E-state index in [-0.39, 0.29) is 22.9 Å². The Morgan fingerprint density at radius 2 is 1.70 bits per heavy atom. The van der Waals surface area contributed by atoms with Crippen molar-refractivity contribution in [3.8, 4) is 11.5 Å². The van der Waals surface area contributed by atoms with Crippen molar-refractivity contribution >= 4 is 35.5 Å². The number of hydrogen-bond acceptors (Lipinski definition) is 6. The summed E-state index contributed by atoms with van der Waals surface area (Å²) in [6.07, 6.45) is 0. The van der Waals surface area contributed by atoms with Crippen LogP contribution in [0, 0.1) is 0 Å². The Balaban J connectivity index is 2.11. The van der Waals surface area contributed by atoms with E-state index < -0.39 is 11.9 Å². The minimum Gasteiger partial charge on any atom is -0.481 e. The van der Waals surface area contributed by atoms with E-state index in [9.17, 15) is 9.59 Å². The van der Waals surface area contributed by atoms with Crippen LogP contribution in [0.2, 0.25) is 0 Å². The van der Waals surface area contributed by atoms with Gasteiger partial charge >= 0.3 is 11.9 Å². The molecule has 2 rings (SSSR count). The van der Waals surface area contributed by atoms with Crippen molar-refractivity contribution in [2.45, 2.75) is 4.58 Å². The maximum atomic E-state index is 10.7. The molecule has 0 aliphatic carbocycles. The highest BCUT2D eigenvalue weighted by Crippen LogP contribution is 2.43. The van der Waals surface area contributed by atoms with Crippen LogP contribution in [0.15, 0.2) is 18.2 Å². The summed E-state index contributed by atoms with van der Waals surface area (Å²) in [6.45, 7) is 0.161. The average molecular weight is 316 g/mol. The van der Waals surface area contributed by atoms with Gasteiger partial charge in [0.25, 0.3) is 0 Å². The SMILES string of the molecule is O=C(O)CSC(SCC(=O)O)c1ccc2c(c1)OCO2. The van der Waals surface area contributed by atoms with Gasteiger partial charge in [0.05, 0.1) is 16.1 Å². The van der Waals surface area contributed by atoms with E-state index >= 15 is 0 Å². The van der Waals surface area contributed by atoms with E-state index in [1.807, 2.05) is 0 Å². The van der Waals surface area contributed by atoms with E-state index in [4.69, 9.17) is 19.7 Å². The number of fused-ring (bicyclic) bond motifs is 1. The van der Waals surface area contributed by atoms with E-state index in [0.29, 0.717) is 11.5 Å². The predicted molar refractivity (Wildman–Crippen MR) is 75.5 cm³/mol.